The van der Waals surface area contributed by atoms with Crippen LogP contribution in [0.3, 0.4) is 0 Å². The van der Waals surface area contributed by atoms with Crippen LogP contribution in [0.2, 0.25) is 0 Å². The average Bonchev–Trinajstić information content (AvgIpc) is 3.02. The van der Waals surface area contributed by atoms with E-state index in [1.807, 2.05) is 59.3 Å². The van der Waals surface area contributed by atoms with Crippen LogP contribution in [0.4, 0.5) is 0 Å². The highest BCUT2D eigenvalue weighted by atomic mass is 16.4. The van der Waals surface area contributed by atoms with Gasteiger partial charge in [0.15, 0.2) is 0 Å². The molecule has 0 atom stereocenters. The summed E-state index contributed by atoms with van der Waals surface area (Å²) in [6.45, 7) is 0.631. The van der Waals surface area contributed by atoms with Crippen molar-refractivity contribution in [2.75, 3.05) is 0 Å². The van der Waals surface area contributed by atoms with E-state index in [0.717, 1.165) is 33.3 Å². The Balaban J connectivity index is 1.92. The summed E-state index contributed by atoms with van der Waals surface area (Å²) in [7, 11) is 0. The largest absolute Gasteiger partial charge is 0.481 e. The van der Waals surface area contributed by atoms with E-state index in [1.54, 1.807) is 0 Å². The molecule has 1 N–H and O–H groups in total. The van der Waals surface area contributed by atoms with Gasteiger partial charge in [0.1, 0.15) is 0 Å². The Kier molecular flexibility index (Phi) is 4.23. The number of carboxylic acid groups (broad SMARTS) is 1. The fraction of sp³-hybridized carbons (Fsp3) is 0.0909. The van der Waals surface area contributed by atoms with Crippen LogP contribution in [-0.2, 0) is 17.8 Å². The number of carbonyl (C=O) groups is 1. The zero-order valence-corrected chi connectivity index (χ0v) is 14.2. The lowest BCUT2D eigenvalue weighted by molar-refractivity contribution is -0.136. The molecule has 0 aliphatic rings. The van der Waals surface area contributed by atoms with Gasteiger partial charge in [0.2, 0.25) is 0 Å². The topological polar surface area (TPSA) is 55.1 Å². The Morgan fingerprint density at radius 2 is 1.58 bits per heavy atom. The average molecular weight is 342 g/mol. The van der Waals surface area contributed by atoms with Crippen molar-refractivity contribution in [2.24, 2.45) is 0 Å². The van der Waals surface area contributed by atoms with Gasteiger partial charge in [-0.25, -0.2) is 0 Å². The summed E-state index contributed by atoms with van der Waals surface area (Å²) in [5.74, 6) is -0.851. The number of hydrogen-bond donors (Lipinski definition) is 1. The predicted octanol–water partition coefficient (Wildman–Crippen LogP) is 4.38. The fourth-order valence-corrected chi connectivity index (χ4v) is 3.29. The second-order valence-electron chi connectivity index (χ2n) is 6.24. The fourth-order valence-electron chi connectivity index (χ4n) is 3.29. The van der Waals surface area contributed by atoms with Crippen molar-refractivity contribution in [1.29, 1.82) is 0 Å². The van der Waals surface area contributed by atoms with Crippen LogP contribution in [0.15, 0.2) is 78.9 Å². The molecular formula is C22H18N2O2. The molecule has 3 aromatic carbocycles. The van der Waals surface area contributed by atoms with E-state index >= 15 is 0 Å². The van der Waals surface area contributed by atoms with Crippen LogP contribution >= 0.6 is 0 Å². The third kappa shape index (κ3) is 3.09. The standard InChI is InChI=1S/C22H18N2O2/c25-20(26)14-18-12-7-13-19-21(18)23-24(15-16-8-3-1-4-9-16)22(19)17-10-5-2-6-11-17/h1-13H,14-15H2,(H,25,26). The monoisotopic (exact) mass is 342 g/mol. The van der Waals surface area contributed by atoms with Crippen molar-refractivity contribution >= 4 is 16.9 Å². The van der Waals surface area contributed by atoms with Crippen molar-refractivity contribution in [3.05, 3.63) is 90.0 Å². The first-order valence-corrected chi connectivity index (χ1v) is 8.52. The van der Waals surface area contributed by atoms with Gasteiger partial charge in [0.25, 0.3) is 0 Å². The molecule has 0 aliphatic heterocycles. The lowest BCUT2D eigenvalue weighted by atomic mass is 10.0. The molecule has 0 radical (unpaired) electrons. The Bertz CT molecular complexity index is 1050. The van der Waals surface area contributed by atoms with Crippen LogP contribution in [0.1, 0.15) is 11.1 Å². The van der Waals surface area contributed by atoms with E-state index in [1.165, 1.54) is 0 Å². The molecule has 0 amide bonds. The molecule has 128 valence electrons. The number of benzene rings is 3. The lowest BCUT2D eigenvalue weighted by Gasteiger charge is -2.08. The van der Waals surface area contributed by atoms with Crippen LogP contribution in [0.5, 0.6) is 0 Å². The normalized spacial score (nSPS) is 10.9. The van der Waals surface area contributed by atoms with Gasteiger partial charge in [-0.15, -0.1) is 0 Å². The minimum absolute atomic E-state index is 0.0338. The Labute approximate surface area is 151 Å². The molecule has 26 heavy (non-hydrogen) atoms. The number of fused-ring (bicyclic) bond motifs is 1. The highest BCUT2D eigenvalue weighted by Crippen LogP contribution is 2.31. The smallest absolute Gasteiger partial charge is 0.307 e. The number of rotatable bonds is 5. The zero-order chi connectivity index (χ0) is 17.9. The van der Waals surface area contributed by atoms with Gasteiger partial charge in [-0.3, -0.25) is 9.48 Å². The quantitative estimate of drug-likeness (QED) is 0.585. The molecule has 0 saturated heterocycles. The minimum atomic E-state index is -0.851. The van der Waals surface area contributed by atoms with E-state index in [0.29, 0.717) is 6.54 Å². The Morgan fingerprint density at radius 3 is 2.27 bits per heavy atom. The van der Waals surface area contributed by atoms with Crippen LogP contribution in [0.25, 0.3) is 22.2 Å². The molecule has 0 unspecified atom stereocenters. The molecule has 4 heteroatoms. The Hall–Kier alpha value is -3.40. The highest BCUT2D eigenvalue weighted by Gasteiger charge is 2.17. The van der Waals surface area contributed by atoms with Crippen molar-refractivity contribution in [3.8, 4) is 11.3 Å². The SMILES string of the molecule is O=C(O)Cc1cccc2c(-c3ccccc3)n(Cc3ccccc3)nc12. The second-order valence-corrected chi connectivity index (χ2v) is 6.24. The summed E-state index contributed by atoms with van der Waals surface area (Å²) in [6.07, 6.45) is -0.0338. The molecule has 1 aromatic heterocycles. The molecule has 0 bridgehead atoms. The third-order valence-electron chi connectivity index (χ3n) is 4.42. The summed E-state index contributed by atoms with van der Waals surface area (Å²) in [6, 6.07) is 26.0. The summed E-state index contributed by atoms with van der Waals surface area (Å²) in [5, 5.41) is 15.0. The van der Waals surface area contributed by atoms with Gasteiger partial charge in [-0.05, 0) is 11.1 Å². The first-order valence-electron chi connectivity index (χ1n) is 8.52. The van der Waals surface area contributed by atoms with Gasteiger partial charge < -0.3 is 5.11 Å². The second kappa shape index (κ2) is 6.84. The number of nitrogens with zero attached hydrogens (tertiary/aromatic N) is 2. The third-order valence-corrected chi connectivity index (χ3v) is 4.42. The van der Waals surface area contributed by atoms with Crippen molar-refractivity contribution in [2.45, 2.75) is 13.0 Å². The van der Waals surface area contributed by atoms with Crippen molar-refractivity contribution in [1.82, 2.24) is 9.78 Å². The van der Waals surface area contributed by atoms with Crippen LogP contribution < -0.4 is 0 Å². The van der Waals surface area contributed by atoms with Gasteiger partial charge in [0, 0.05) is 10.9 Å². The van der Waals surface area contributed by atoms with E-state index in [4.69, 9.17) is 5.10 Å². The maximum absolute atomic E-state index is 11.2. The number of aliphatic carboxylic acids is 1. The molecule has 4 aromatic rings. The Morgan fingerprint density at radius 1 is 0.885 bits per heavy atom. The minimum Gasteiger partial charge on any atom is -0.481 e. The molecule has 4 nitrogen and oxygen atoms in total. The van der Waals surface area contributed by atoms with Gasteiger partial charge in [-0.2, -0.15) is 5.10 Å². The van der Waals surface area contributed by atoms with E-state index in [-0.39, 0.29) is 6.42 Å². The molecule has 0 saturated carbocycles. The summed E-state index contributed by atoms with van der Waals surface area (Å²) >= 11 is 0. The maximum atomic E-state index is 11.2. The zero-order valence-electron chi connectivity index (χ0n) is 14.2. The van der Waals surface area contributed by atoms with Gasteiger partial charge in [0.05, 0.1) is 24.2 Å². The molecule has 0 fully saturated rings. The molecule has 4 rings (SSSR count). The summed E-state index contributed by atoms with van der Waals surface area (Å²) in [5.41, 5.74) is 4.72. The summed E-state index contributed by atoms with van der Waals surface area (Å²) in [4.78, 5) is 11.2. The number of aromatic nitrogens is 2. The van der Waals surface area contributed by atoms with Crippen LogP contribution in [-0.4, -0.2) is 20.9 Å². The van der Waals surface area contributed by atoms with E-state index in [9.17, 15) is 9.90 Å². The summed E-state index contributed by atoms with van der Waals surface area (Å²) < 4.78 is 1.97. The van der Waals surface area contributed by atoms with Crippen molar-refractivity contribution in [3.63, 3.8) is 0 Å². The maximum Gasteiger partial charge on any atom is 0.307 e. The molecular weight excluding hydrogens is 324 g/mol. The number of carboxylic acids is 1. The van der Waals surface area contributed by atoms with E-state index < -0.39 is 5.97 Å². The molecule has 0 aliphatic carbocycles. The lowest BCUT2D eigenvalue weighted by Crippen LogP contribution is -2.04. The molecule has 0 spiro atoms. The predicted molar refractivity (Wildman–Crippen MR) is 102 cm³/mol. The first-order chi connectivity index (χ1) is 12.7. The number of hydrogen-bond acceptors (Lipinski definition) is 2. The van der Waals surface area contributed by atoms with Crippen LogP contribution in [0, 0.1) is 0 Å². The molecule has 1 heterocycles. The van der Waals surface area contributed by atoms with Gasteiger partial charge in [-0.1, -0.05) is 78.9 Å². The van der Waals surface area contributed by atoms with E-state index in [2.05, 4.69) is 24.3 Å². The first kappa shape index (κ1) is 16.1. The highest BCUT2D eigenvalue weighted by molar-refractivity contribution is 5.96. The van der Waals surface area contributed by atoms with Crippen molar-refractivity contribution < 1.29 is 9.90 Å². The van der Waals surface area contributed by atoms with Gasteiger partial charge >= 0.3 is 5.97 Å².